The molecule has 8 heteroatoms. The van der Waals surface area contributed by atoms with Crippen molar-refractivity contribution >= 4 is 23.5 Å². The Bertz CT molecular complexity index is 688. The number of hydrogen-bond donors (Lipinski definition) is 2. The molecule has 1 heterocycles. The molecule has 1 saturated heterocycles. The minimum atomic E-state index is -0.513. The van der Waals surface area contributed by atoms with Gasteiger partial charge in [0.25, 0.3) is 0 Å². The van der Waals surface area contributed by atoms with Crippen molar-refractivity contribution in [2.24, 2.45) is 0 Å². The normalized spacial score (nSPS) is 14.0. The van der Waals surface area contributed by atoms with E-state index < -0.39 is 6.03 Å². The van der Waals surface area contributed by atoms with Gasteiger partial charge in [-0.25, -0.2) is 9.18 Å². The summed E-state index contributed by atoms with van der Waals surface area (Å²) in [5, 5.41) is 4.70. The number of nitrogens with one attached hydrogen (secondary N) is 2. The molecule has 2 rings (SSSR count). The van der Waals surface area contributed by atoms with Gasteiger partial charge in [-0.3, -0.25) is 14.9 Å². The molecule has 1 aliphatic heterocycles. The van der Waals surface area contributed by atoms with Crippen LogP contribution >= 0.6 is 0 Å². The van der Waals surface area contributed by atoms with Crippen LogP contribution in [0.5, 0.6) is 0 Å². The number of amides is 4. The maximum atomic E-state index is 13.2. The van der Waals surface area contributed by atoms with Crippen LogP contribution in [0.15, 0.2) is 18.2 Å². The van der Waals surface area contributed by atoms with Gasteiger partial charge in [0, 0.05) is 51.3 Å². The first-order valence-electron chi connectivity index (χ1n) is 9.27. The number of piperazine rings is 1. The first kappa shape index (κ1) is 20.7. The molecule has 4 amide bonds. The van der Waals surface area contributed by atoms with Gasteiger partial charge in [0.2, 0.25) is 11.8 Å². The van der Waals surface area contributed by atoms with E-state index in [9.17, 15) is 18.8 Å². The van der Waals surface area contributed by atoms with Gasteiger partial charge >= 0.3 is 6.03 Å². The van der Waals surface area contributed by atoms with Gasteiger partial charge in [-0.05, 0) is 44.0 Å². The van der Waals surface area contributed by atoms with Crippen molar-refractivity contribution in [2.45, 2.75) is 33.1 Å². The summed E-state index contributed by atoms with van der Waals surface area (Å²) in [4.78, 5) is 39.1. The number of nitrogens with zero attached hydrogens (tertiary/aromatic N) is 2. The molecular formula is C19H27FN4O3. The third-order valence-electron chi connectivity index (χ3n) is 4.52. The first-order chi connectivity index (χ1) is 12.9. The third kappa shape index (κ3) is 6.23. The van der Waals surface area contributed by atoms with Crippen molar-refractivity contribution in [2.75, 3.05) is 37.6 Å². The molecule has 0 saturated carbocycles. The lowest BCUT2D eigenvalue weighted by Crippen LogP contribution is -2.49. The maximum absolute atomic E-state index is 13.2. The first-order valence-corrected chi connectivity index (χ1v) is 9.27. The second-order valence-electron chi connectivity index (χ2n) is 6.56. The van der Waals surface area contributed by atoms with Crippen molar-refractivity contribution in [3.8, 4) is 0 Å². The second-order valence-corrected chi connectivity index (χ2v) is 6.56. The SMILES string of the molecule is CCNC(=O)NC(=O)CCCC(=O)N1CCN(c2ccc(F)cc2C)CC1. The highest BCUT2D eigenvalue weighted by molar-refractivity contribution is 5.94. The van der Waals surface area contributed by atoms with Gasteiger partial charge in [-0.15, -0.1) is 0 Å². The Morgan fingerprint density at radius 1 is 1.11 bits per heavy atom. The number of rotatable bonds is 6. The molecule has 0 aromatic heterocycles. The van der Waals surface area contributed by atoms with E-state index in [1.165, 1.54) is 12.1 Å². The highest BCUT2D eigenvalue weighted by atomic mass is 19.1. The van der Waals surface area contributed by atoms with Gasteiger partial charge in [0.1, 0.15) is 5.82 Å². The number of carbonyl (C=O) groups excluding carboxylic acids is 3. The van der Waals surface area contributed by atoms with Crippen LogP contribution < -0.4 is 15.5 Å². The number of hydrogen-bond acceptors (Lipinski definition) is 4. The van der Waals surface area contributed by atoms with Gasteiger partial charge < -0.3 is 15.1 Å². The van der Waals surface area contributed by atoms with Crippen molar-refractivity contribution in [1.29, 1.82) is 0 Å². The van der Waals surface area contributed by atoms with Crippen LogP contribution in [0.2, 0.25) is 0 Å². The summed E-state index contributed by atoms with van der Waals surface area (Å²) in [6.45, 7) is 6.66. The van der Waals surface area contributed by atoms with Gasteiger partial charge in [0.15, 0.2) is 0 Å². The molecule has 1 aromatic carbocycles. The summed E-state index contributed by atoms with van der Waals surface area (Å²) in [5.41, 5.74) is 1.87. The van der Waals surface area contributed by atoms with Crippen LogP contribution in [-0.4, -0.2) is 55.5 Å². The fourth-order valence-corrected chi connectivity index (χ4v) is 3.12. The minimum absolute atomic E-state index is 0.0105. The average Bonchev–Trinajstić information content (AvgIpc) is 2.62. The Morgan fingerprint density at radius 2 is 1.81 bits per heavy atom. The Balaban J connectivity index is 1.72. The molecule has 2 N–H and O–H groups in total. The van der Waals surface area contributed by atoms with E-state index >= 15 is 0 Å². The van der Waals surface area contributed by atoms with Crippen molar-refractivity contribution < 1.29 is 18.8 Å². The number of urea groups is 1. The molecule has 1 aliphatic rings. The quantitative estimate of drug-likeness (QED) is 0.791. The smallest absolute Gasteiger partial charge is 0.321 e. The zero-order valence-electron chi connectivity index (χ0n) is 15.9. The monoisotopic (exact) mass is 378 g/mol. The van der Waals surface area contributed by atoms with E-state index in [4.69, 9.17) is 0 Å². The summed E-state index contributed by atoms with van der Waals surface area (Å²) in [6, 6.07) is 4.22. The molecule has 0 radical (unpaired) electrons. The summed E-state index contributed by atoms with van der Waals surface area (Å²) >= 11 is 0. The molecule has 0 aliphatic carbocycles. The van der Waals surface area contributed by atoms with Crippen molar-refractivity contribution in [1.82, 2.24) is 15.5 Å². The predicted molar refractivity (Wildman–Crippen MR) is 101 cm³/mol. The van der Waals surface area contributed by atoms with E-state index in [0.717, 1.165) is 11.3 Å². The Hall–Kier alpha value is -2.64. The molecule has 7 nitrogen and oxygen atoms in total. The van der Waals surface area contributed by atoms with Crippen molar-refractivity contribution in [3.63, 3.8) is 0 Å². The van der Waals surface area contributed by atoms with Crippen molar-refractivity contribution in [3.05, 3.63) is 29.6 Å². The number of halogens is 1. The fourth-order valence-electron chi connectivity index (χ4n) is 3.12. The standard InChI is InChI=1S/C19H27FN4O3/c1-3-21-19(27)22-17(25)5-4-6-18(26)24-11-9-23(10-12-24)16-8-7-15(20)13-14(16)2/h7-8,13H,3-6,9-12H2,1-2H3,(H2,21,22,25,27). The molecule has 1 aromatic rings. The van der Waals surface area contributed by atoms with Gasteiger partial charge in [-0.1, -0.05) is 0 Å². The maximum Gasteiger partial charge on any atom is 0.321 e. The largest absolute Gasteiger partial charge is 0.368 e. The number of anilines is 1. The summed E-state index contributed by atoms with van der Waals surface area (Å²) in [5.74, 6) is -0.622. The molecule has 0 atom stereocenters. The van der Waals surface area contributed by atoms with Gasteiger partial charge in [0.05, 0.1) is 0 Å². The molecule has 148 valence electrons. The van der Waals surface area contributed by atoms with E-state index in [2.05, 4.69) is 15.5 Å². The lowest BCUT2D eigenvalue weighted by Gasteiger charge is -2.37. The number of aryl methyl sites for hydroxylation is 1. The Morgan fingerprint density at radius 3 is 2.44 bits per heavy atom. The van der Waals surface area contributed by atoms with E-state index in [1.807, 2.05) is 6.92 Å². The molecule has 1 fully saturated rings. The summed E-state index contributed by atoms with van der Waals surface area (Å²) in [6.07, 6.45) is 0.817. The Labute approximate surface area is 158 Å². The number of carbonyl (C=O) groups is 3. The number of benzene rings is 1. The van der Waals surface area contributed by atoms with Crippen LogP contribution in [-0.2, 0) is 9.59 Å². The van der Waals surface area contributed by atoms with Crippen LogP contribution in [0.25, 0.3) is 0 Å². The topological polar surface area (TPSA) is 81.8 Å². The number of imide groups is 1. The summed E-state index contributed by atoms with van der Waals surface area (Å²) < 4.78 is 13.2. The fraction of sp³-hybridized carbons (Fsp3) is 0.526. The third-order valence-corrected chi connectivity index (χ3v) is 4.52. The van der Waals surface area contributed by atoms with Crippen LogP contribution in [0.3, 0.4) is 0 Å². The minimum Gasteiger partial charge on any atom is -0.368 e. The zero-order valence-corrected chi connectivity index (χ0v) is 15.9. The van der Waals surface area contributed by atoms with E-state index in [0.29, 0.717) is 39.1 Å². The van der Waals surface area contributed by atoms with E-state index in [1.54, 1.807) is 17.9 Å². The van der Waals surface area contributed by atoms with Crippen LogP contribution in [0.1, 0.15) is 31.7 Å². The molecule has 0 spiro atoms. The molecule has 0 unspecified atom stereocenters. The zero-order chi connectivity index (χ0) is 19.8. The predicted octanol–water partition coefficient (Wildman–Crippen LogP) is 1.80. The highest BCUT2D eigenvalue weighted by Crippen LogP contribution is 2.22. The lowest BCUT2D eigenvalue weighted by molar-refractivity contribution is -0.131. The lowest BCUT2D eigenvalue weighted by atomic mass is 10.1. The Kier molecular flexibility index (Phi) is 7.57. The highest BCUT2D eigenvalue weighted by Gasteiger charge is 2.22. The van der Waals surface area contributed by atoms with Gasteiger partial charge in [-0.2, -0.15) is 0 Å². The average molecular weight is 378 g/mol. The van der Waals surface area contributed by atoms with Crippen LogP contribution in [0, 0.1) is 12.7 Å². The second kappa shape index (κ2) is 9.89. The van der Waals surface area contributed by atoms with Crippen LogP contribution in [0.4, 0.5) is 14.9 Å². The molecular weight excluding hydrogens is 351 g/mol. The van der Waals surface area contributed by atoms with E-state index in [-0.39, 0.29) is 30.5 Å². The molecule has 0 bridgehead atoms. The molecule has 27 heavy (non-hydrogen) atoms. The summed E-state index contributed by atoms with van der Waals surface area (Å²) in [7, 11) is 0.